The van der Waals surface area contributed by atoms with Crippen LogP contribution in [-0.2, 0) is 6.42 Å². The molecule has 1 aliphatic heterocycles. The van der Waals surface area contributed by atoms with Crippen molar-refractivity contribution in [1.29, 1.82) is 0 Å². The van der Waals surface area contributed by atoms with Crippen LogP contribution in [0.4, 0.5) is 24.5 Å². The molecule has 0 N–H and O–H groups in total. The molecular formula is C17H14F3NO. The minimum Gasteiger partial charge on any atom is -0.406 e. The summed E-state index contributed by atoms with van der Waals surface area (Å²) in [5.74, 6) is -0.220. The maximum atomic E-state index is 12.2. The topological polar surface area (TPSA) is 12.5 Å². The molecule has 0 aromatic heterocycles. The fourth-order valence-electron chi connectivity index (χ4n) is 2.61. The van der Waals surface area contributed by atoms with Gasteiger partial charge in [0.05, 0.1) is 5.69 Å². The number of anilines is 2. The SMILES string of the molecule is Cc1cccc2c1N(c1ccc(OC(F)(F)F)cc1)C=CC2. The number of para-hydroxylation sites is 1. The average molecular weight is 305 g/mol. The number of alkyl halides is 3. The lowest BCUT2D eigenvalue weighted by Crippen LogP contribution is -2.18. The summed E-state index contributed by atoms with van der Waals surface area (Å²) < 4.78 is 40.5. The molecule has 3 rings (SSSR count). The van der Waals surface area contributed by atoms with Gasteiger partial charge in [-0.25, -0.2) is 0 Å². The van der Waals surface area contributed by atoms with Crippen LogP contribution in [0, 0.1) is 6.92 Å². The molecule has 5 heteroatoms. The Kier molecular flexibility index (Phi) is 3.56. The third kappa shape index (κ3) is 2.93. The Balaban J connectivity index is 1.92. The summed E-state index contributed by atoms with van der Waals surface area (Å²) in [6.45, 7) is 2.02. The molecule has 0 fully saturated rings. The number of aryl methyl sites for hydroxylation is 1. The zero-order valence-corrected chi connectivity index (χ0v) is 11.9. The van der Waals surface area contributed by atoms with E-state index in [1.54, 1.807) is 12.1 Å². The van der Waals surface area contributed by atoms with Gasteiger partial charge in [-0.3, -0.25) is 0 Å². The molecule has 0 saturated heterocycles. The Labute approximate surface area is 126 Å². The first-order chi connectivity index (χ1) is 10.4. The van der Waals surface area contributed by atoms with Crippen LogP contribution in [0.5, 0.6) is 5.75 Å². The van der Waals surface area contributed by atoms with Gasteiger partial charge in [0.15, 0.2) is 0 Å². The molecule has 0 spiro atoms. The van der Waals surface area contributed by atoms with Gasteiger partial charge in [-0.1, -0.05) is 24.3 Å². The number of hydrogen-bond donors (Lipinski definition) is 0. The van der Waals surface area contributed by atoms with E-state index in [1.165, 1.54) is 17.7 Å². The Morgan fingerprint density at radius 1 is 1.05 bits per heavy atom. The number of allylic oxidation sites excluding steroid dienone is 1. The summed E-state index contributed by atoms with van der Waals surface area (Å²) in [6.07, 6.45) is 0.148. The second-order valence-corrected chi connectivity index (χ2v) is 5.08. The molecule has 0 amide bonds. The zero-order chi connectivity index (χ0) is 15.7. The molecule has 0 bridgehead atoms. The van der Waals surface area contributed by atoms with E-state index in [2.05, 4.69) is 10.8 Å². The van der Waals surface area contributed by atoms with Crippen LogP contribution in [0.15, 0.2) is 54.7 Å². The number of halogens is 3. The maximum Gasteiger partial charge on any atom is 0.573 e. The summed E-state index contributed by atoms with van der Waals surface area (Å²) in [5, 5.41) is 0. The van der Waals surface area contributed by atoms with E-state index in [0.717, 1.165) is 23.4 Å². The molecule has 0 unspecified atom stereocenters. The lowest BCUT2D eigenvalue weighted by atomic mass is 10.0. The number of benzene rings is 2. The highest BCUT2D eigenvalue weighted by Crippen LogP contribution is 2.36. The number of nitrogens with zero attached hydrogens (tertiary/aromatic N) is 1. The van der Waals surface area contributed by atoms with Gasteiger partial charge in [-0.15, -0.1) is 13.2 Å². The predicted molar refractivity (Wildman–Crippen MR) is 79.3 cm³/mol. The highest BCUT2D eigenvalue weighted by Gasteiger charge is 2.31. The Bertz CT molecular complexity index is 705. The van der Waals surface area contributed by atoms with Gasteiger partial charge in [-0.05, 0) is 48.7 Å². The van der Waals surface area contributed by atoms with Crippen LogP contribution in [-0.4, -0.2) is 6.36 Å². The van der Waals surface area contributed by atoms with Crippen molar-refractivity contribution in [2.75, 3.05) is 4.90 Å². The highest BCUT2D eigenvalue weighted by atomic mass is 19.4. The van der Waals surface area contributed by atoms with Crippen molar-refractivity contribution in [3.8, 4) is 5.75 Å². The average Bonchev–Trinajstić information content (AvgIpc) is 2.46. The van der Waals surface area contributed by atoms with E-state index in [4.69, 9.17) is 0 Å². The molecule has 2 nitrogen and oxygen atoms in total. The van der Waals surface area contributed by atoms with Gasteiger partial charge in [0.25, 0.3) is 0 Å². The Hall–Kier alpha value is -2.43. The number of rotatable bonds is 2. The predicted octanol–water partition coefficient (Wildman–Crippen LogP) is 5.10. The fraction of sp³-hybridized carbons (Fsp3) is 0.176. The molecule has 0 saturated carbocycles. The van der Waals surface area contributed by atoms with Crippen LogP contribution in [0.3, 0.4) is 0 Å². The quantitative estimate of drug-likeness (QED) is 0.765. The maximum absolute atomic E-state index is 12.2. The van der Waals surface area contributed by atoms with E-state index < -0.39 is 6.36 Å². The zero-order valence-electron chi connectivity index (χ0n) is 11.9. The van der Waals surface area contributed by atoms with Crippen molar-refractivity contribution < 1.29 is 17.9 Å². The largest absolute Gasteiger partial charge is 0.573 e. The first-order valence-corrected chi connectivity index (χ1v) is 6.84. The number of hydrogen-bond acceptors (Lipinski definition) is 2. The number of ether oxygens (including phenoxy) is 1. The van der Waals surface area contributed by atoms with Gasteiger partial charge in [0, 0.05) is 11.9 Å². The molecule has 1 heterocycles. The summed E-state index contributed by atoms with van der Waals surface area (Å²) in [6, 6.07) is 12.0. The van der Waals surface area contributed by atoms with Gasteiger partial charge >= 0.3 is 6.36 Å². The minimum atomic E-state index is -4.67. The molecule has 0 atom stereocenters. The molecule has 0 aliphatic carbocycles. The third-order valence-electron chi connectivity index (χ3n) is 3.50. The highest BCUT2D eigenvalue weighted by molar-refractivity contribution is 5.74. The first kappa shape index (κ1) is 14.5. The normalized spacial score (nSPS) is 13.9. The van der Waals surface area contributed by atoms with E-state index in [1.807, 2.05) is 36.2 Å². The summed E-state index contributed by atoms with van der Waals surface area (Å²) in [5.41, 5.74) is 4.19. The fourth-order valence-corrected chi connectivity index (χ4v) is 2.61. The van der Waals surface area contributed by atoms with Gasteiger partial charge < -0.3 is 9.64 Å². The smallest absolute Gasteiger partial charge is 0.406 e. The molecule has 22 heavy (non-hydrogen) atoms. The summed E-state index contributed by atoms with van der Waals surface area (Å²) in [4.78, 5) is 1.98. The summed E-state index contributed by atoms with van der Waals surface area (Å²) in [7, 11) is 0. The van der Waals surface area contributed by atoms with Crippen molar-refractivity contribution >= 4 is 11.4 Å². The molecule has 114 valence electrons. The second-order valence-electron chi connectivity index (χ2n) is 5.08. The Morgan fingerprint density at radius 3 is 2.45 bits per heavy atom. The van der Waals surface area contributed by atoms with E-state index in [9.17, 15) is 13.2 Å². The van der Waals surface area contributed by atoms with Crippen molar-refractivity contribution in [2.45, 2.75) is 19.7 Å². The molecular weight excluding hydrogens is 291 g/mol. The van der Waals surface area contributed by atoms with E-state index in [-0.39, 0.29) is 5.75 Å². The third-order valence-corrected chi connectivity index (χ3v) is 3.50. The van der Waals surface area contributed by atoms with E-state index in [0.29, 0.717) is 0 Å². The lowest BCUT2D eigenvalue weighted by molar-refractivity contribution is -0.274. The second kappa shape index (κ2) is 5.40. The first-order valence-electron chi connectivity index (χ1n) is 6.84. The van der Waals surface area contributed by atoms with Crippen LogP contribution in [0.25, 0.3) is 0 Å². The minimum absolute atomic E-state index is 0.220. The molecule has 2 aromatic rings. The van der Waals surface area contributed by atoms with Crippen LogP contribution in [0.2, 0.25) is 0 Å². The Morgan fingerprint density at radius 2 is 1.77 bits per heavy atom. The van der Waals surface area contributed by atoms with Crippen LogP contribution >= 0.6 is 0 Å². The van der Waals surface area contributed by atoms with Gasteiger partial charge in [-0.2, -0.15) is 0 Å². The van der Waals surface area contributed by atoms with Gasteiger partial charge in [0.1, 0.15) is 5.75 Å². The van der Waals surface area contributed by atoms with Gasteiger partial charge in [0.2, 0.25) is 0 Å². The van der Waals surface area contributed by atoms with Crippen molar-refractivity contribution in [1.82, 2.24) is 0 Å². The summed E-state index contributed by atoms with van der Waals surface area (Å²) >= 11 is 0. The monoisotopic (exact) mass is 305 g/mol. The lowest BCUT2D eigenvalue weighted by Gasteiger charge is -2.28. The molecule has 0 radical (unpaired) electrons. The van der Waals surface area contributed by atoms with Crippen molar-refractivity contribution in [3.05, 3.63) is 65.9 Å². The van der Waals surface area contributed by atoms with E-state index >= 15 is 0 Å². The van der Waals surface area contributed by atoms with Crippen LogP contribution < -0.4 is 9.64 Å². The van der Waals surface area contributed by atoms with Crippen molar-refractivity contribution in [3.63, 3.8) is 0 Å². The standard InChI is InChI=1S/C17H14F3NO/c1-12-4-2-5-13-6-3-11-21(16(12)13)14-7-9-15(10-8-14)22-17(18,19)20/h2-5,7-11H,6H2,1H3. The number of fused-ring (bicyclic) bond motifs is 1. The van der Waals surface area contributed by atoms with Crippen LogP contribution in [0.1, 0.15) is 11.1 Å². The molecule has 1 aliphatic rings. The van der Waals surface area contributed by atoms with Crippen molar-refractivity contribution in [2.24, 2.45) is 0 Å². The molecule has 2 aromatic carbocycles.